The summed E-state index contributed by atoms with van der Waals surface area (Å²) in [7, 11) is 0. The van der Waals surface area contributed by atoms with E-state index in [2.05, 4.69) is 31.4 Å². The van der Waals surface area contributed by atoms with Crippen molar-refractivity contribution >= 4 is 0 Å². The summed E-state index contributed by atoms with van der Waals surface area (Å²) in [5, 5.41) is 6.92. The maximum absolute atomic E-state index is 3.50. The van der Waals surface area contributed by atoms with Crippen LogP contribution in [0.4, 0.5) is 0 Å². The monoisotopic (exact) mass is 214 g/mol. The average molecular weight is 214 g/mol. The molecule has 0 aliphatic carbocycles. The van der Waals surface area contributed by atoms with Crippen LogP contribution < -0.4 is 10.6 Å². The summed E-state index contributed by atoms with van der Waals surface area (Å²) in [5.41, 5.74) is 0. The van der Waals surface area contributed by atoms with Crippen molar-refractivity contribution in [2.24, 2.45) is 0 Å². The van der Waals surface area contributed by atoms with Crippen molar-refractivity contribution in [3.8, 4) is 0 Å². The molecule has 0 amide bonds. The molecule has 0 unspecified atom stereocenters. The molecular formula is C13H30N2. The lowest BCUT2D eigenvalue weighted by Gasteiger charge is -2.08. The van der Waals surface area contributed by atoms with E-state index in [4.69, 9.17) is 0 Å². The van der Waals surface area contributed by atoms with E-state index in [1.807, 2.05) is 0 Å². The van der Waals surface area contributed by atoms with Gasteiger partial charge in [-0.3, -0.25) is 0 Å². The third-order valence-corrected chi connectivity index (χ3v) is 2.54. The normalized spacial score (nSPS) is 11.2. The number of unbranched alkanes of at least 4 members (excludes halogenated alkanes) is 4. The molecule has 0 aromatic carbocycles. The topological polar surface area (TPSA) is 24.1 Å². The summed E-state index contributed by atoms with van der Waals surface area (Å²) in [5.74, 6) is 0. The van der Waals surface area contributed by atoms with E-state index in [1.54, 1.807) is 0 Å². The van der Waals surface area contributed by atoms with Crippen LogP contribution >= 0.6 is 0 Å². The fraction of sp³-hybridized carbons (Fsp3) is 1.00. The molecule has 0 radical (unpaired) electrons. The molecule has 2 N–H and O–H groups in total. The molecule has 0 saturated carbocycles. The molecule has 0 aromatic rings. The first-order valence-electron chi connectivity index (χ1n) is 6.71. The zero-order chi connectivity index (χ0) is 11.4. The van der Waals surface area contributed by atoms with E-state index in [1.165, 1.54) is 45.1 Å². The molecule has 0 bridgehead atoms. The Balaban J connectivity index is 2.87. The van der Waals surface area contributed by atoms with Crippen molar-refractivity contribution in [3.05, 3.63) is 0 Å². The van der Waals surface area contributed by atoms with Gasteiger partial charge in [-0.1, -0.05) is 46.5 Å². The van der Waals surface area contributed by atoms with Crippen molar-refractivity contribution < 1.29 is 0 Å². The summed E-state index contributed by atoms with van der Waals surface area (Å²) in [6.07, 6.45) is 8.13. The summed E-state index contributed by atoms with van der Waals surface area (Å²) in [6.45, 7) is 10.2. The minimum absolute atomic E-state index is 0.624. The highest BCUT2D eigenvalue weighted by molar-refractivity contribution is 4.55. The Morgan fingerprint density at radius 2 is 1.47 bits per heavy atom. The Kier molecular flexibility index (Phi) is 11.9. The molecular weight excluding hydrogens is 184 g/mol. The average Bonchev–Trinajstić information content (AvgIpc) is 2.20. The molecule has 92 valence electrons. The van der Waals surface area contributed by atoms with Crippen LogP contribution in [0.25, 0.3) is 0 Å². The molecule has 0 saturated heterocycles. The van der Waals surface area contributed by atoms with Crippen LogP contribution in [0.2, 0.25) is 0 Å². The largest absolute Gasteiger partial charge is 0.317 e. The van der Waals surface area contributed by atoms with E-state index in [-0.39, 0.29) is 0 Å². The highest BCUT2D eigenvalue weighted by Gasteiger charge is 1.92. The van der Waals surface area contributed by atoms with E-state index in [0.29, 0.717) is 6.04 Å². The van der Waals surface area contributed by atoms with Crippen LogP contribution in [-0.4, -0.2) is 25.7 Å². The highest BCUT2D eigenvalue weighted by Crippen LogP contribution is 2.00. The van der Waals surface area contributed by atoms with Crippen LogP contribution in [0.5, 0.6) is 0 Å². The Morgan fingerprint density at radius 3 is 2.13 bits per heavy atom. The number of rotatable bonds is 11. The first-order valence-corrected chi connectivity index (χ1v) is 6.71. The second-order valence-electron chi connectivity index (χ2n) is 4.63. The summed E-state index contributed by atoms with van der Waals surface area (Å²) >= 11 is 0. The molecule has 0 fully saturated rings. The number of nitrogens with one attached hydrogen (secondary N) is 2. The highest BCUT2D eigenvalue weighted by atomic mass is 14.9. The molecule has 0 heterocycles. The van der Waals surface area contributed by atoms with Gasteiger partial charge in [-0.15, -0.1) is 0 Å². The van der Waals surface area contributed by atoms with Gasteiger partial charge >= 0.3 is 0 Å². The molecule has 0 aliphatic rings. The maximum Gasteiger partial charge on any atom is 0.00103 e. The lowest BCUT2D eigenvalue weighted by molar-refractivity contribution is 0.534. The van der Waals surface area contributed by atoms with Crippen LogP contribution in [0.1, 0.15) is 59.3 Å². The zero-order valence-electron chi connectivity index (χ0n) is 10.9. The van der Waals surface area contributed by atoms with Crippen molar-refractivity contribution in [1.82, 2.24) is 10.6 Å². The minimum atomic E-state index is 0.624. The third kappa shape index (κ3) is 13.9. The second kappa shape index (κ2) is 12.0. The predicted octanol–water partition coefficient (Wildman–Crippen LogP) is 2.93. The van der Waals surface area contributed by atoms with Crippen LogP contribution in [-0.2, 0) is 0 Å². The Hall–Kier alpha value is -0.0800. The van der Waals surface area contributed by atoms with Gasteiger partial charge in [0.1, 0.15) is 0 Å². The van der Waals surface area contributed by atoms with Gasteiger partial charge in [0.25, 0.3) is 0 Å². The fourth-order valence-corrected chi connectivity index (χ4v) is 1.58. The molecule has 2 nitrogen and oxygen atoms in total. The lowest BCUT2D eigenvalue weighted by atomic mass is 10.1. The van der Waals surface area contributed by atoms with Gasteiger partial charge in [0, 0.05) is 6.04 Å². The third-order valence-electron chi connectivity index (χ3n) is 2.54. The van der Waals surface area contributed by atoms with Gasteiger partial charge < -0.3 is 10.6 Å². The Morgan fingerprint density at radius 1 is 0.800 bits per heavy atom. The summed E-state index contributed by atoms with van der Waals surface area (Å²) < 4.78 is 0. The van der Waals surface area contributed by atoms with Crippen molar-refractivity contribution in [2.45, 2.75) is 65.3 Å². The molecule has 15 heavy (non-hydrogen) atoms. The molecule has 0 rings (SSSR count). The number of hydrogen-bond acceptors (Lipinski definition) is 2. The van der Waals surface area contributed by atoms with Gasteiger partial charge in [0.05, 0.1) is 0 Å². The lowest BCUT2D eigenvalue weighted by Crippen LogP contribution is -2.27. The van der Waals surface area contributed by atoms with Crippen LogP contribution in [0, 0.1) is 0 Å². The first kappa shape index (κ1) is 14.9. The Bertz CT molecular complexity index is 113. The van der Waals surface area contributed by atoms with Gasteiger partial charge in [-0.2, -0.15) is 0 Å². The molecule has 0 aliphatic heterocycles. The van der Waals surface area contributed by atoms with E-state index >= 15 is 0 Å². The standard InChI is InChI=1S/C13H30N2/c1-4-5-6-7-8-10-14-11-9-12-15-13(2)3/h13-15H,4-12H2,1-3H3. The predicted molar refractivity (Wildman–Crippen MR) is 69.4 cm³/mol. The van der Waals surface area contributed by atoms with E-state index in [9.17, 15) is 0 Å². The summed E-state index contributed by atoms with van der Waals surface area (Å²) in [6, 6.07) is 0.624. The van der Waals surface area contributed by atoms with E-state index < -0.39 is 0 Å². The molecule has 0 spiro atoms. The zero-order valence-corrected chi connectivity index (χ0v) is 10.9. The SMILES string of the molecule is CCCCCCCNCCCNC(C)C. The van der Waals surface area contributed by atoms with Gasteiger partial charge in [-0.05, 0) is 32.5 Å². The molecule has 2 heteroatoms. The smallest absolute Gasteiger partial charge is 0.00103 e. The van der Waals surface area contributed by atoms with Crippen molar-refractivity contribution in [1.29, 1.82) is 0 Å². The molecule has 0 aromatic heterocycles. The van der Waals surface area contributed by atoms with Crippen molar-refractivity contribution in [3.63, 3.8) is 0 Å². The molecule has 0 atom stereocenters. The quantitative estimate of drug-likeness (QED) is 0.517. The van der Waals surface area contributed by atoms with E-state index in [0.717, 1.165) is 13.1 Å². The van der Waals surface area contributed by atoms with Crippen LogP contribution in [0.3, 0.4) is 0 Å². The second-order valence-corrected chi connectivity index (χ2v) is 4.63. The van der Waals surface area contributed by atoms with Gasteiger partial charge in [-0.25, -0.2) is 0 Å². The summed E-state index contributed by atoms with van der Waals surface area (Å²) in [4.78, 5) is 0. The first-order chi connectivity index (χ1) is 7.27. The maximum atomic E-state index is 3.50. The van der Waals surface area contributed by atoms with Gasteiger partial charge in [0.2, 0.25) is 0 Å². The Labute approximate surface area is 96.2 Å². The van der Waals surface area contributed by atoms with Crippen molar-refractivity contribution in [2.75, 3.05) is 19.6 Å². The number of hydrogen-bond donors (Lipinski definition) is 2. The van der Waals surface area contributed by atoms with Gasteiger partial charge in [0.15, 0.2) is 0 Å². The van der Waals surface area contributed by atoms with Crippen LogP contribution in [0.15, 0.2) is 0 Å². The minimum Gasteiger partial charge on any atom is -0.317 e. The fourth-order valence-electron chi connectivity index (χ4n) is 1.58.